The number of anilines is 1. The van der Waals surface area contributed by atoms with E-state index >= 15 is 0 Å². The van der Waals surface area contributed by atoms with E-state index in [-0.39, 0.29) is 5.92 Å². The van der Waals surface area contributed by atoms with Crippen LogP contribution < -0.4 is 5.32 Å². The normalized spacial score (nSPS) is 19.6. The summed E-state index contributed by atoms with van der Waals surface area (Å²) in [4.78, 5) is 0. The van der Waals surface area contributed by atoms with Crippen LogP contribution in [0.5, 0.6) is 0 Å². The van der Waals surface area contributed by atoms with E-state index < -0.39 is 0 Å². The van der Waals surface area contributed by atoms with Gasteiger partial charge >= 0.3 is 0 Å². The molecule has 4 heteroatoms. The third kappa shape index (κ3) is 2.21. The Bertz CT molecular complexity index is 598. The standard InChI is InChI=1S/C15H17N3O/c1-11-4-6-13(7-5-11)16-9-12-10-18-8-2-3-14(18)15(12)17-19/h2-8,12,16,19H,9-10H2,1H3/b17-15-. The molecule has 1 atom stereocenters. The van der Waals surface area contributed by atoms with Crippen LogP contribution >= 0.6 is 0 Å². The zero-order valence-corrected chi connectivity index (χ0v) is 10.9. The summed E-state index contributed by atoms with van der Waals surface area (Å²) in [6, 6.07) is 12.3. The third-order valence-corrected chi connectivity index (χ3v) is 3.61. The zero-order valence-electron chi connectivity index (χ0n) is 10.9. The lowest BCUT2D eigenvalue weighted by atomic mass is 10.0. The van der Waals surface area contributed by atoms with Crippen molar-refractivity contribution in [2.75, 3.05) is 11.9 Å². The molecule has 0 spiro atoms. The van der Waals surface area contributed by atoms with Crippen LogP contribution in [0.15, 0.2) is 47.8 Å². The van der Waals surface area contributed by atoms with Gasteiger partial charge in [0.05, 0.1) is 5.69 Å². The number of hydrogen-bond donors (Lipinski definition) is 2. The summed E-state index contributed by atoms with van der Waals surface area (Å²) in [7, 11) is 0. The van der Waals surface area contributed by atoms with Gasteiger partial charge in [-0.25, -0.2) is 0 Å². The number of nitrogens with one attached hydrogen (secondary N) is 1. The molecule has 2 heterocycles. The fourth-order valence-electron chi connectivity index (χ4n) is 2.55. The van der Waals surface area contributed by atoms with Crippen LogP contribution in [0.25, 0.3) is 0 Å². The second-order valence-electron chi connectivity index (χ2n) is 4.97. The van der Waals surface area contributed by atoms with E-state index in [9.17, 15) is 5.21 Å². The number of benzene rings is 1. The lowest BCUT2D eigenvalue weighted by Crippen LogP contribution is -2.21. The van der Waals surface area contributed by atoms with Crippen LogP contribution in [0, 0.1) is 12.8 Å². The molecule has 3 rings (SSSR count). The third-order valence-electron chi connectivity index (χ3n) is 3.61. The highest BCUT2D eigenvalue weighted by atomic mass is 16.4. The van der Waals surface area contributed by atoms with Gasteiger partial charge in [0.1, 0.15) is 5.71 Å². The molecule has 0 bridgehead atoms. The minimum Gasteiger partial charge on any atom is -0.411 e. The van der Waals surface area contributed by atoms with Gasteiger partial charge in [-0.05, 0) is 31.2 Å². The van der Waals surface area contributed by atoms with E-state index in [2.05, 4.69) is 46.2 Å². The molecule has 19 heavy (non-hydrogen) atoms. The molecule has 0 fully saturated rings. The summed E-state index contributed by atoms with van der Waals surface area (Å²) in [5, 5.41) is 16.0. The maximum absolute atomic E-state index is 9.18. The Hall–Kier alpha value is -2.23. The van der Waals surface area contributed by atoms with Gasteiger partial charge in [0.15, 0.2) is 0 Å². The number of aromatic nitrogens is 1. The summed E-state index contributed by atoms with van der Waals surface area (Å²) < 4.78 is 2.12. The molecule has 1 aliphatic rings. The SMILES string of the molecule is Cc1ccc(NCC2Cn3cccc3/C2=N\O)cc1. The van der Waals surface area contributed by atoms with Crippen molar-refractivity contribution in [2.24, 2.45) is 11.1 Å². The van der Waals surface area contributed by atoms with Crippen molar-refractivity contribution in [1.29, 1.82) is 0 Å². The summed E-state index contributed by atoms with van der Waals surface area (Å²) >= 11 is 0. The summed E-state index contributed by atoms with van der Waals surface area (Å²) in [5.41, 5.74) is 4.13. The zero-order chi connectivity index (χ0) is 13.2. The van der Waals surface area contributed by atoms with Crippen LogP contribution in [0.2, 0.25) is 0 Å². The van der Waals surface area contributed by atoms with Crippen LogP contribution in [-0.2, 0) is 6.54 Å². The van der Waals surface area contributed by atoms with Gasteiger partial charge in [0.2, 0.25) is 0 Å². The lowest BCUT2D eigenvalue weighted by Gasteiger charge is -2.12. The predicted octanol–water partition coefficient (Wildman–Crippen LogP) is 2.72. The van der Waals surface area contributed by atoms with E-state index in [1.807, 2.05) is 18.3 Å². The Kier molecular flexibility index (Phi) is 2.99. The van der Waals surface area contributed by atoms with Crippen LogP contribution in [0.4, 0.5) is 5.69 Å². The van der Waals surface area contributed by atoms with Crippen molar-refractivity contribution in [3.63, 3.8) is 0 Å². The quantitative estimate of drug-likeness (QED) is 0.654. The van der Waals surface area contributed by atoms with Gasteiger partial charge in [-0.1, -0.05) is 22.9 Å². The maximum Gasteiger partial charge on any atom is 0.110 e. The molecular weight excluding hydrogens is 238 g/mol. The van der Waals surface area contributed by atoms with Crippen molar-refractivity contribution >= 4 is 11.4 Å². The van der Waals surface area contributed by atoms with Crippen molar-refractivity contribution in [3.8, 4) is 0 Å². The molecule has 0 radical (unpaired) electrons. The number of fused-ring (bicyclic) bond motifs is 1. The lowest BCUT2D eigenvalue weighted by molar-refractivity contribution is 0.316. The Morgan fingerprint density at radius 1 is 1.32 bits per heavy atom. The maximum atomic E-state index is 9.18. The highest BCUT2D eigenvalue weighted by molar-refractivity contribution is 6.02. The van der Waals surface area contributed by atoms with Crippen LogP contribution in [0.3, 0.4) is 0 Å². The minimum atomic E-state index is 0.211. The average molecular weight is 255 g/mol. The van der Waals surface area contributed by atoms with Gasteiger partial charge in [0, 0.05) is 30.9 Å². The van der Waals surface area contributed by atoms with Crippen molar-refractivity contribution < 1.29 is 5.21 Å². The van der Waals surface area contributed by atoms with E-state index in [0.717, 1.165) is 30.2 Å². The first-order valence-electron chi connectivity index (χ1n) is 6.46. The van der Waals surface area contributed by atoms with Crippen molar-refractivity contribution in [2.45, 2.75) is 13.5 Å². The Morgan fingerprint density at radius 2 is 2.11 bits per heavy atom. The number of oxime groups is 1. The molecule has 4 nitrogen and oxygen atoms in total. The molecule has 98 valence electrons. The van der Waals surface area contributed by atoms with E-state index in [4.69, 9.17) is 0 Å². The monoisotopic (exact) mass is 255 g/mol. The van der Waals surface area contributed by atoms with Gasteiger partial charge in [-0.15, -0.1) is 0 Å². The average Bonchev–Trinajstić information content (AvgIpc) is 2.98. The van der Waals surface area contributed by atoms with Crippen LogP contribution in [-0.4, -0.2) is 22.0 Å². The van der Waals surface area contributed by atoms with E-state index in [0.29, 0.717) is 0 Å². The highest BCUT2D eigenvalue weighted by Gasteiger charge is 2.28. The Balaban J connectivity index is 1.68. The fraction of sp³-hybridized carbons (Fsp3) is 0.267. The number of nitrogens with zero attached hydrogens (tertiary/aromatic N) is 2. The molecule has 2 N–H and O–H groups in total. The van der Waals surface area contributed by atoms with Gasteiger partial charge < -0.3 is 15.1 Å². The number of rotatable bonds is 3. The van der Waals surface area contributed by atoms with E-state index in [1.54, 1.807) is 0 Å². The molecule has 1 unspecified atom stereocenters. The molecule has 1 aromatic carbocycles. The summed E-state index contributed by atoms with van der Waals surface area (Å²) in [6.07, 6.45) is 2.02. The van der Waals surface area contributed by atoms with Crippen LogP contribution in [0.1, 0.15) is 11.3 Å². The highest BCUT2D eigenvalue weighted by Crippen LogP contribution is 2.22. The first-order chi connectivity index (χ1) is 9.28. The summed E-state index contributed by atoms with van der Waals surface area (Å²) in [6.45, 7) is 3.70. The van der Waals surface area contributed by atoms with Gasteiger partial charge in [-0.2, -0.15) is 0 Å². The largest absolute Gasteiger partial charge is 0.411 e. The fourth-order valence-corrected chi connectivity index (χ4v) is 2.55. The number of aryl methyl sites for hydroxylation is 1. The molecule has 1 aromatic heterocycles. The molecule has 1 aliphatic heterocycles. The second kappa shape index (κ2) is 4.80. The number of hydrogen-bond acceptors (Lipinski definition) is 3. The topological polar surface area (TPSA) is 49.5 Å². The van der Waals surface area contributed by atoms with Crippen molar-refractivity contribution in [1.82, 2.24) is 4.57 Å². The Labute approximate surface area is 112 Å². The molecule has 0 amide bonds. The van der Waals surface area contributed by atoms with Gasteiger partial charge in [0.25, 0.3) is 0 Å². The molecule has 2 aromatic rings. The molecular formula is C15H17N3O. The smallest absolute Gasteiger partial charge is 0.110 e. The molecule has 0 aliphatic carbocycles. The second-order valence-corrected chi connectivity index (χ2v) is 4.97. The summed E-state index contributed by atoms with van der Waals surface area (Å²) in [5.74, 6) is 0.211. The molecule has 0 saturated heterocycles. The Morgan fingerprint density at radius 3 is 2.84 bits per heavy atom. The predicted molar refractivity (Wildman–Crippen MR) is 75.9 cm³/mol. The van der Waals surface area contributed by atoms with Gasteiger partial charge in [-0.3, -0.25) is 0 Å². The first-order valence-corrected chi connectivity index (χ1v) is 6.46. The van der Waals surface area contributed by atoms with E-state index in [1.165, 1.54) is 5.56 Å². The first kappa shape index (κ1) is 11.8. The minimum absolute atomic E-state index is 0.211. The molecule has 0 saturated carbocycles. The van der Waals surface area contributed by atoms with Crippen molar-refractivity contribution in [3.05, 3.63) is 53.9 Å².